The lowest BCUT2D eigenvalue weighted by atomic mass is 9.82. The lowest BCUT2D eigenvalue weighted by Crippen LogP contribution is -2.14. The fourth-order valence-corrected chi connectivity index (χ4v) is 3.61. The van der Waals surface area contributed by atoms with E-state index in [9.17, 15) is 0 Å². The first-order valence-electron chi connectivity index (χ1n) is 8.48. The molecule has 0 nitrogen and oxygen atoms in total. The van der Waals surface area contributed by atoms with Crippen molar-refractivity contribution in [1.29, 1.82) is 0 Å². The standard InChI is InChI=1S/C21H18.C2H6/c1-21(2)18-13-7-6-11-17(18)20-16(12-8-14-19(20)21)15-9-4-3-5-10-15;1-2/h3-14H,1-2H3;1-2H3. The van der Waals surface area contributed by atoms with E-state index in [1.165, 1.54) is 33.4 Å². The smallest absolute Gasteiger partial charge is 0.0159 e. The van der Waals surface area contributed by atoms with Crippen molar-refractivity contribution in [3.05, 3.63) is 83.9 Å². The van der Waals surface area contributed by atoms with Crippen LogP contribution in [-0.2, 0) is 5.41 Å². The molecule has 0 saturated carbocycles. The summed E-state index contributed by atoms with van der Waals surface area (Å²) in [5, 5.41) is 0. The molecule has 0 aliphatic heterocycles. The highest BCUT2D eigenvalue weighted by atomic mass is 14.4. The zero-order valence-corrected chi connectivity index (χ0v) is 14.4. The molecule has 1 aliphatic rings. The van der Waals surface area contributed by atoms with E-state index in [1.807, 2.05) is 13.8 Å². The van der Waals surface area contributed by atoms with E-state index in [0.29, 0.717) is 0 Å². The highest BCUT2D eigenvalue weighted by molar-refractivity contribution is 5.92. The Labute approximate surface area is 139 Å². The Hall–Kier alpha value is -2.34. The molecule has 0 heteroatoms. The fraction of sp³-hybridized carbons (Fsp3) is 0.217. The summed E-state index contributed by atoms with van der Waals surface area (Å²) in [6.45, 7) is 8.65. The second-order valence-corrected chi connectivity index (χ2v) is 6.26. The van der Waals surface area contributed by atoms with E-state index >= 15 is 0 Å². The Morgan fingerprint density at radius 3 is 1.87 bits per heavy atom. The van der Waals surface area contributed by atoms with Gasteiger partial charge in [0.1, 0.15) is 0 Å². The number of benzene rings is 3. The molecule has 0 bridgehead atoms. The molecule has 0 spiro atoms. The van der Waals surface area contributed by atoms with Gasteiger partial charge in [0.15, 0.2) is 0 Å². The van der Waals surface area contributed by atoms with Gasteiger partial charge in [-0.2, -0.15) is 0 Å². The summed E-state index contributed by atoms with van der Waals surface area (Å²) in [6, 6.07) is 26.2. The molecule has 0 N–H and O–H groups in total. The minimum atomic E-state index is 0.0801. The van der Waals surface area contributed by atoms with E-state index in [0.717, 1.165) is 0 Å². The van der Waals surface area contributed by atoms with Crippen LogP contribution in [0.1, 0.15) is 38.8 Å². The van der Waals surface area contributed by atoms with Crippen molar-refractivity contribution < 1.29 is 0 Å². The molecule has 4 rings (SSSR count). The topological polar surface area (TPSA) is 0 Å². The van der Waals surface area contributed by atoms with Gasteiger partial charge in [0.25, 0.3) is 0 Å². The van der Waals surface area contributed by atoms with Crippen molar-refractivity contribution >= 4 is 0 Å². The van der Waals surface area contributed by atoms with Crippen LogP contribution >= 0.6 is 0 Å². The zero-order chi connectivity index (χ0) is 16.4. The largest absolute Gasteiger partial charge is 0.0683 e. The van der Waals surface area contributed by atoms with E-state index in [2.05, 4.69) is 86.6 Å². The maximum atomic E-state index is 2.33. The summed E-state index contributed by atoms with van der Waals surface area (Å²) in [5.74, 6) is 0. The van der Waals surface area contributed by atoms with Crippen LogP contribution in [0.4, 0.5) is 0 Å². The van der Waals surface area contributed by atoms with E-state index in [-0.39, 0.29) is 5.41 Å². The molecule has 3 aromatic carbocycles. The first-order chi connectivity index (χ1) is 11.2. The van der Waals surface area contributed by atoms with Gasteiger partial charge in [-0.05, 0) is 33.4 Å². The van der Waals surface area contributed by atoms with Crippen molar-refractivity contribution in [1.82, 2.24) is 0 Å². The molecule has 0 fully saturated rings. The van der Waals surface area contributed by atoms with Gasteiger partial charge in [-0.3, -0.25) is 0 Å². The quantitative estimate of drug-likeness (QED) is 0.470. The first-order valence-corrected chi connectivity index (χ1v) is 8.48. The Balaban J connectivity index is 0.000000753. The minimum absolute atomic E-state index is 0.0801. The number of fused-ring (bicyclic) bond motifs is 3. The molecule has 116 valence electrons. The van der Waals surface area contributed by atoms with Gasteiger partial charge < -0.3 is 0 Å². The van der Waals surface area contributed by atoms with E-state index in [1.54, 1.807) is 0 Å². The van der Waals surface area contributed by atoms with Gasteiger partial charge in [0, 0.05) is 5.41 Å². The summed E-state index contributed by atoms with van der Waals surface area (Å²) in [6.07, 6.45) is 0. The molecule has 0 heterocycles. The molecular weight excluding hydrogens is 276 g/mol. The van der Waals surface area contributed by atoms with Crippen LogP contribution in [0.3, 0.4) is 0 Å². The molecule has 3 aromatic rings. The van der Waals surface area contributed by atoms with Gasteiger partial charge in [0.2, 0.25) is 0 Å². The van der Waals surface area contributed by atoms with Crippen molar-refractivity contribution in [2.24, 2.45) is 0 Å². The predicted octanol–water partition coefficient (Wildman–Crippen LogP) is 6.69. The van der Waals surface area contributed by atoms with Crippen LogP contribution in [0.2, 0.25) is 0 Å². The summed E-state index contributed by atoms with van der Waals surface area (Å²) in [7, 11) is 0. The van der Waals surface area contributed by atoms with Crippen molar-refractivity contribution in [2.45, 2.75) is 33.1 Å². The fourth-order valence-electron chi connectivity index (χ4n) is 3.61. The SMILES string of the molecule is CC.CC1(C)c2ccccc2-c2c(-c3ccccc3)cccc21. The molecule has 23 heavy (non-hydrogen) atoms. The summed E-state index contributed by atoms with van der Waals surface area (Å²) >= 11 is 0. The molecule has 0 amide bonds. The third kappa shape index (κ3) is 2.39. The highest BCUT2D eigenvalue weighted by Gasteiger charge is 2.36. The third-order valence-electron chi connectivity index (χ3n) is 4.69. The minimum Gasteiger partial charge on any atom is -0.0683 e. The predicted molar refractivity (Wildman–Crippen MR) is 101 cm³/mol. The van der Waals surface area contributed by atoms with Crippen LogP contribution in [-0.4, -0.2) is 0 Å². The van der Waals surface area contributed by atoms with Crippen LogP contribution in [0.5, 0.6) is 0 Å². The van der Waals surface area contributed by atoms with Gasteiger partial charge in [-0.1, -0.05) is 100 Å². The Bertz CT molecular complexity index is 810. The molecule has 1 aliphatic carbocycles. The summed E-state index contributed by atoms with van der Waals surface area (Å²) < 4.78 is 0. The zero-order valence-electron chi connectivity index (χ0n) is 14.4. The number of hydrogen-bond acceptors (Lipinski definition) is 0. The molecule has 0 saturated heterocycles. The van der Waals surface area contributed by atoms with Crippen LogP contribution in [0.15, 0.2) is 72.8 Å². The summed E-state index contributed by atoms with van der Waals surface area (Å²) in [4.78, 5) is 0. The highest BCUT2D eigenvalue weighted by Crippen LogP contribution is 2.51. The Morgan fingerprint density at radius 1 is 0.565 bits per heavy atom. The Kier molecular flexibility index (Phi) is 4.09. The maximum Gasteiger partial charge on any atom is 0.0159 e. The van der Waals surface area contributed by atoms with Crippen LogP contribution in [0, 0.1) is 0 Å². The second kappa shape index (κ2) is 6.04. The van der Waals surface area contributed by atoms with Gasteiger partial charge in [-0.25, -0.2) is 0 Å². The summed E-state index contributed by atoms with van der Waals surface area (Å²) in [5.41, 5.74) is 8.37. The van der Waals surface area contributed by atoms with Crippen molar-refractivity contribution in [3.63, 3.8) is 0 Å². The lowest BCUT2D eigenvalue weighted by Gasteiger charge is -2.21. The van der Waals surface area contributed by atoms with Crippen molar-refractivity contribution in [3.8, 4) is 22.3 Å². The normalized spacial score (nSPS) is 13.6. The Morgan fingerprint density at radius 2 is 1.13 bits per heavy atom. The first kappa shape index (κ1) is 15.6. The molecule has 0 radical (unpaired) electrons. The molecule has 0 unspecified atom stereocenters. The van der Waals surface area contributed by atoms with Gasteiger partial charge >= 0.3 is 0 Å². The number of hydrogen-bond donors (Lipinski definition) is 0. The van der Waals surface area contributed by atoms with Crippen LogP contribution in [0.25, 0.3) is 22.3 Å². The monoisotopic (exact) mass is 300 g/mol. The third-order valence-corrected chi connectivity index (χ3v) is 4.69. The average Bonchev–Trinajstić information content (AvgIpc) is 2.86. The molecule has 0 atom stereocenters. The average molecular weight is 300 g/mol. The van der Waals surface area contributed by atoms with E-state index < -0.39 is 0 Å². The number of rotatable bonds is 1. The van der Waals surface area contributed by atoms with Crippen LogP contribution < -0.4 is 0 Å². The second-order valence-electron chi connectivity index (χ2n) is 6.26. The van der Waals surface area contributed by atoms with Gasteiger partial charge in [0.05, 0.1) is 0 Å². The van der Waals surface area contributed by atoms with E-state index in [4.69, 9.17) is 0 Å². The lowest BCUT2D eigenvalue weighted by molar-refractivity contribution is 0.660. The molecule has 0 aromatic heterocycles. The molecular formula is C23H24. The van der Waals surface area contributed by atoms with Gasteiger partial charge in [-0.15, -0.1) is 0 Å². The maximum absolute atomic E-state index is 2.33. The van der Waals surface area contributed by atoms with Crippen molar-refractivity contribution in [2.75, 3.05) is 0 Å².